The standard InChI is InChI=1S/C17H27N3O3/c1-23-14-9-7-13(8-10-14)20(19)17(22)16(21)15(18)11-12-5-3-2-4-6-12/h7-10,12,15-16,21H,2-6,11,18-19H2,1H3/t15-,16?/m1/s1. The maximum Gasteiger partial charge on any atom is 0.271 e. The van der Waals surface area contributed by atoms with Crippen LogP contribution in [0.2, 0.25) is 0 Å². The van der Waals surface area contributed by atoms with Gasteiger partial charge in [0.2, 0.25) is 0 Å². The summed E-state index contributed by atoms with van der Waals surface area (Å²) < 4.78 is 5.07. The van der Waals surface area contributed by atoms with Crippen LogP contribution in [0.25, 0.3) is 0 Å². The number of aliphatic hydroxyl groups is 1. The van der Waals surface area contributed by atoms with E-state index < -0.39 is 18.1 Å². The largest absolute Gasteiger partial charge is 0.497 e. The van der Waals surface area contributed by atoms with Gasteiger partial charge in [-0.05, 0) is 36.6 Å². The summed E-state index contributed by atoms with van der Waals surface area (Å²) in [4.78, 5) is 12.3. The number of hydrogen-bond donors (Lipinski definition) is 3. The molecule has 0 bridgehead atoms. The Morgan fingerprint density at radius 1 is 1.30 bits per heavy atom. The molecular weight excluding hydrogens is 294 g/mol. The number of hydrazine groups is 1. The van der Waals surface area contributed by atoms with Gasteiger partial charge in [-0.15, -0.1) is 0 Å². The zero-order chi connectivity index (χ0) is 16.8. The van der Waals surface area contributed by atoms with E-state index in [4.69, 9.17) is 16.3 Å². The molecule has 1 aromatic rings. The van der Waals surface area contributed by atoms with E-state index in [1.165, 1.54) is 19.3 Å². The molecule has 0 spiro atoms. The molecule has 0 radical (unpaired) electrons. The first-order valence-electron chi connectivity index (χ1n) is 8.19. The summed E-state index contributed by atoms with van der Waals surface area (Å²) in [7, 11) is 1.56. The van der Waals surface area contributed by atoms with Crippen molar-refractivity contribution in [2.24, 2.45) is 17.5 Å². The maximum absolute atomic E-state index is 12.3. The van der Waals surface area contributed by atoms with Crippen LogP contribution in [0.15, 0.2) is 24.3 Å². The second kappa shape index (κ2) is 8.29. The van der Waals surface area contributed by atoms with E-state index in [1.54, 1.807) is 31.4 Å². The molecule has 1 saturated carbocycles. The summed E-state index contributed by atoms with van der Waals surface area (Å²) >= 11 is 0. The zero-order valence-corrected chi connectivity index (χ0v) is 13.6. The maximum atomic E-state index is 12.3. The van der Waals surface area contributed by atoms with Crippen LogP contribution in [-0.4, -0.2) is 30.3 Å². The lowest BCUT2D eigenvalue weighted by Crippen LogP contribution is -2.51. The van der Waals surface area contributed by atoms with Crippen molar-refractivity contribution < 1.29 is 14.6 Å². The highest BCUT2D eigenvalue weighted by atomic mass is 16.5. The molecule has 1 fully saturated rings. The van der Waals surface area contributed by atoms with Gasteiger partial charge in [0.1, 0.15) is 11.9 Å². The Morgan fingerprint density at radius 2 is 1.91 bits per heavy atom. The molecule has 6 nitrogen and oxygen atoms in total. The highest BCUT2D eigenvalue weighted by Gasteiger charge is 2.29. The average Bonchev–Trinajstić information content (AvgIpc) is 2.60. The van der Waals surface area contributed by atoms with Crippen molar-refractivity contribution in [3.63, 3.8) is 0 Å². The number of amides is 1. The van der Waals surface area contributed by atoms with Gasteiger partial charge in [0.05, 0.1) is 12.8 Å². The van der Waals surface area contributed by atoms with E-state index >= 15 is 0 Å². The van der Waals surface area contributed by atoms with Crippen LogP contribution in [0, 0.1) is 5.92 Å². The number of benzene rings is 1. The lowest BCUT2D eigenvalue weighted by molar-refractivity contribution is -0.127. The number of carbonyl (C=O) groups excluding carboxylic acids is 1. The first-order chi connectivity index (χ1) is 11.0. The minimum absolute atomic E-state index is 0.486. The third-order valence-electron chi connectivity index (χ3n) is 4.58. The predicted octanol–water partition coefficient (Wildman–Crippen LogP) is 1.56. The van der Waals surface area contributed by atoms with E-state index in [1.807, 2.05) is 0 Å². The summed E-state index contributed by atoms with van der Waals surface area (Å²) in [5, 5.41) is 11.2. The van der Waals surface area contributed by atoms with Crippen LogP contribution in [0.5, 0.6) is 5.75 Å². The fourth-order valence-electron chi connectivity index (χ4n) is 3.13. The molecule has 1 aliphatic carbocycles. The number of hydrogen-bond acceptors (Lipinski definition) is 5. The van der Waals surface area contributed by atoms with Crippen molar-refractivity contribution in [2.45, 2.75) is 50.7 Å². The number of nitrogens with zero attached hydrogens (tertiary/aromatic N) is 1. The Morgan fingerprint density at radius 3 is 2.48 bits per heavy atom. The summed E-state index contributed by atoms with van der Waals surface area (Å²) in [6, 6.07) is 6.15. The third-order valence-corrected chi connectivity index (χ3v) is 4.58. The van der Waals surface area contributed by atoms with Gasteiger partial charge in [-0.1, -0.05) is 32.1 Å². The fraction of sp³-hybridized carbons (Fsp3) is 0.588. The molecular formula is C17H27N3O3. The molecule has 6 heteroatoms. The molecule has 2 rings (SSSR count). The van der Waals surface area contributed by atoms with E-state index in [0.717, 1.165) is 17.9 Å². The van der Waals surface area contributed by atoms with Crippen LogP contribution < -0.4 is 21.3 Å². The Kier molecular flexibility index (Phi) is 6.38. The van der Waals surface area contributed by atoms with Crippen LogP contribution >= 0.6 is 0 Å². The summed E-state index contributed by atoms with van der Waals surface area (Å²) in [6.45, 7) is 0. The number of anilines is 1. The number of methoxy groups -OCH3 is 1. The van der Waals surface area contributed by atoms with Crippen molar-refractivity contribution in [3.05, 3.63) is 24.3 Å². The van der Waals surface area contributed by atoms with E-state index in [2.05, 4.69) is 0 Å². The molecule has 0 heterocycles. The van der Waals surface area contributed by atoms with Gasteiger partial charge in [-0.3, -0.25) is 4.79 Å². The van der Waals surface area contributed by atoms with Gasteiger partial charge in [-0.2, -0.15) is 0 Å². The smallest absolute Gasteiger partial charge is 0.271 e. The third kappa shape index (κ3) is 4.67. The van der Waals surface area contributed by atoms with Gasteiger partial charge in [0.25, 0.3) is 5.91 Å². The fourth-order valence-corrected chi connectivity index (χ4v) is 3.13. The van der Waals surface area contributed by atoms with Gasteiger partial charge < -0.3 is 15.6 Å². The highest BCUT2D eigenvalue weighted by Crippen LogP contribution is 2.28. The van der Waals surface area contributed by atoms with Crippen LogP contribution in [-0.2, 0) is 4.79 Å². The Bertz CT molecular complexity index is 500. The number of rotatable bonds is 6. The Labute approximate surface area is 137 Å². The van der Waals surface area contributed by atoms with Crippen molar-refractivity contribution in [3.8, 4) is 5.75 Å². The molecule has 1 unspecified atom stereocenters. The monoisotopic (exact) mass is 321 g/mol. The van der Waals surface area contributed by atoms with Gasteiger partial charge in [-0.25, -0.2) is 10.9 Å². The summed E-state index contributed by atoms with van der Waals surface area (Å²) in [5.41, 5.74) is 6.52. The normalized spacial score (nSPS) is 18.3. The van der Waals surface area contributed by atoms with Crippen LogP contribution in [0.3, 0.4) is 0 Å². The second-order valence-corrected chi connectivity index (χ2v) is 6.25. The van der Waals surface area contributed by atoms with Crippen molar-refractivity contribution in [1.29, 1.82) is 0 Å². The molecule has 5 N–H and O–H groups in total. The second-order valence-electron chi connectivity index (χ2n) is 6.25. The number of carbonyl (C=O) groups is 1. The summed E-state index contributed by atoms with van der Waals surface area (Å²) in [6.07, 6.45) is 5.29. The lowest BCUT2D eigenvalue weighted by Gasteiger charge is -2.28. The summed E-state index contributed by atoms with van der Waals surface area (Å²) in [5.74, 6) is 6.41. The SMILES string of the molecule is COc1ccc(N(N)C(=O)C(O)[C@H](N)CC2CCCCC2)cc1. The first kappa shape index (κ1) is 17.7. The minimum atomic E-state index is -1.29. The Balaban J connectivity index is 1.93. The topological polar surface area (TPSA) is 102 Å². The molecule has 2 atom stereocenters. The molecule has 0 aliphatic heterocycles. The number of aliphatic hydroxyl groups excluding tert-OH is 1. The zero-order valence-electron chi connectivity index (χ0n) is 13.6. The van der Waals surface area contributed by atoms with Crippen molar-refractivity contribution in [2.75, 3.05) is 12.1 Å². The first-order valence-corrected chi connectivity index (χ1v) is 8.19. The van der Waals surface area contributed by atoms with Gasteiger partial charge >= 0.3 is 0 Å². The number of nitrogens with two attached hydrogens (primary N) is 2. The van der Waals surface area contributed by atoms with E-state index in [0.29, 0.717) is 23.8 Å². The van der Waals surface area contributed by atoms with E-state index in [9.17, 15) is 9.90 Å². The molecule has 128 valence electrons. The molecule has 0 aromatic heterocycles. The Hall–Kier alpha value is -1.63. The molecule has 1 amide bonds. The van der Waals surface area contributed by atoms with Crippen LogP contribution in [0.1, 0.15) is 38.5 Å². The predicted molar refractivity (Wildman–Crippen MR) is 89.8 cm³/mol. The molecule has 1 aromatic carbocycles. The van der Waals surface area contributed by atoms with Gasteiger partial charge in [0.15, 0.2) is 0 Å². The quantitative estimate of drug-likeness (QED) is 0.419. The molecule has 1 aliphatic rings. The van der Waals surface area contributed by atoms with E-state index in [-0.39, 0.29) is 0 Å². The lowest BCUT2D eigenvalue weighted by atomic mass is 9.84. The average molecular weight is 321 g/mol. The minimum Gasteiger partial charge on any atom is -0.497 e. The molecule has 0 saturated heterocycles. The highest BCUT2D eigenvalue weighted by molar-refractivity contribution is 5.95. The van der Waals surface area contributed by atoms with Crippen molar-refractivity contribution in [1.82, 2.24) is 0 Å². The van der Waals surface area contributed by atoms with Crippen LogP contribution in [0.4, 0.5) is 5.69 Å². The number of ether oxygens (including phenoxy) is 1. The van der Waals surface area contributed by atoms with Crippen molar-refractivity contribution >= 4 is 11.6 Å². The van der Waals surface area contributed by atoms with Gasteiger partial charge in [0, 0.05) is 6.04 Å². The molecule has 23 heavy (non-hydrogen) atoms.